The van der Waals surface area contributed by atoms with Crippen LogP contribution in [-0.4, -0.2) is 64.4 Å². The number of urea groups is 1. The minimum absolute atomic E-state index is 0.113. The van der Waals surface area contributed by atoms with E-state index in [0.717, 1.165) is 24.0 Å². The number of nitrogens with zero attached hydrogens (tertiary/aromatic N) is 3. The Balaban J connectivity index is 1.80. The van der Waals surface area contributed by atoms with Crippen LogP contribution in [0, 0.1) is 11.6 Å². The van der Waals surface area contributed by atoms with Crippen molar-refractivity contribution < 1.29 is 27.9 Å². The lowest BCUT2D eigenvalue weighted by Gasteiger charge is -2.49. The molecule has 0 bridgehead atoms. The molecule has 0 aliphatic carbocycles. The molecular weight excluding hydrogens is 530 g/mol. The molecule has 1 unspecified atom stereocenters. The fraction of sp³-hybridized carbons (Fsp3) is 0.452. The minimum Gasteiger partial charge on any atom is -0.375 e. The number of benzene rings is 2. The van der Waals surface area contributed by atoms with Crippen molar-refractivity contribution in [3.05, 3.63) is 83.6 Å². The third kappa shape index (κ3) is 8.85. The van der Waals surface area contributed by atoms with E-state index < -0.39 is 18.2 Å². The highest BCUT2D eigenvalue weighted by molar-refractivity contribution is 5.90. The molecule has 4 amide bonds. The molecule has 2 aromatic rings. The number of carbonyl (C=O) groups is 3. The van der Waals surface area contributed by atoms with Crippen molar-refractivity contribution in [1.82, 2.24) is 20.0 Å². The Morgan fingerprint density at radius 1 is 1.05 bits per heavy atom. The molecular formula is C31H40F2N4O4. The quantitative estimate of drug-likeness (QED) is 0.336. The monoisotopic (exact) mass is 570 g/mol. The Morgan fingerprint density at radius 2 is 1.68 bits per heavy atom. The zero-order chi connectivity index (χ0) is 29.8. The van der Waals surface area contributed by atoms with Gasteiger partial charge in [-0.25, -0.2) is 13.6 Å². The molecule has 10 heteroatoms. The average Bonchev–Trinajstić information content (AvgIpc) is 2.98. The fourth-order valence-electron chi connectivity index (χ4n) is 4.80. The molecule has 1 fully saturated rings. The maximum Gasteiger partial charge on any atom is 0.323 e. The van der Waals surface area contributed by atoms with Crippen LogP contribution in [0.2, 0.25) is 0 Å². The van der Waals surface area contributed by atoms with E-state index in [9.17, 15) is 23.2 Å². The third-order valence-electron chi connectivity index (χ3n) is 6.97. The van der Waals surface area contributed by atoms with Gasteiger partial charge in [0.2, 0.25) is 11.8 Å². The molecule has 0 aromatic heterocycles. The Bertz CT molecular complexity index is 1170. The van der Waals surface area contributed by atoms with E-state index in [1.165, 1.54) is 29.2 Å². The van der Waals surface area contributed by atoms with Crippen molar-refractivity contribution in [3.63, 3.8) is 0 Å². The number of piperazine rings is 1. The second kappa shape index (κ2) is 15.9. The van der Waals surface area contributed by atoms with Crippen molar-refractivity contribution in [1.29, 1.82) is 0 Å². The van der Waals surface area contributed by atoms with E-state index in [4.69, 9.17) is 4.74 Å². The predicted molar refractivity (Wildman–Crippen MR) is 152 cm³/mol. The van der Waals surface area contributed by atoms with Crippen molar-refractivity contribution >= 4 is 17.8 Å². The SMILES string of the molecule is C/C=C/N(C(=O)NCc1ccc(F)cc1)[C@H]1CN(CCOCc2ccc(F)cc2)C(=O)C(CCCC)N1C(=O)CC. The molecule has 8 nitrogen and oxygen atoms in total. The number of amides is 4. The summed E-state index contributed by atoms with van der Waals surface area (Å²) in [6.07, 6.45) is 4.84. The van der Waals surface area contributed by atoms with Gasteiger partial charge in [0.1, 0.15) is 23.8 Å². The molecule has 41 heavy (non-hydrogen) atoms. The number of allylic oxidation sites excluding steroid dienone is 1. The van der Waals surface area contributed by atoms with Gasteiger partial charge in [-0.15, -0.1) is 0 Å². The summed E-state index contributed by atoms with van der Waals surface area (Å²) in [6, 6.07) is 10.7. The van der Waals surface area contributed by atoms with Crippen molar-refractivity contribution in [2.24, 2.45) is 0 Å². The lowest BCUT2D eigenvalue weighted by Crippen LogP contribution is -2.68. The molecule has 1 heterocycles. The molecule has 3 rings (SSSR count). The van der Waals surface area contributed by atoms with Gasteiger partial charge in [-0.05, 0) is 48.7 Å². The van der Waals surface area contributed by atoms with Gasteiger partial charge in [0, 0.05) is 25.7 Å². The highest BCUT2D eigenvalue weighted by atomic mass is 19.1. The number of nitrogens with one attached hydrogen (secondary N) is 1. The van der Waals surface area contributed by atoms with E-state index in [1.54, 1.807) is 60.2 Å². The summed E-state index contributed by atoms with van der Waals surface area (Å²) < 4.78 is 32.3. The number of hydrogen-bond donors (Lipinski definition) is 1. The Kier molecular flexibility index (Phi) is 12.3. The smallest absolute Gasteiger partial charge is 0.323 e. The maximum atomic E-state index is 13.7. The van der Waals surface area contributed by atoms with Gasteiger partial charge >= 0.3 is 6.03 Å². The first-order valence-electron chi connectivity index (χ1n) is 14.1. The number of ether oxygens (including phenoxy) is 1. The van der Waals surface area contributed by atoms with Gasteiger partial charge in [0.05, 0.1) is 19.8 Å². The summed E-state index contributed by atoms with van der Waals surface area (Å²) >= 11 is 0. The topological polar surface area (TPSA) is 82.2 Å². The van der Waals surface area contributed by atoms with Crippen molar-refractivity contribution in [2.75, 3.05) is 19.7 Å². The van der Waals surface area contributed by atoms with Crippen LogP contribution in [-0.2, 0) is 27.5 Å². The third-order valence-corrected chi connectivity index (χ3v) is 6.97. The zero-order valence-electron chi connectivity index (χ0n) is 24.0. The van der Waals surface area contributed by atoms with Gasteiger partial charge in [-0.3, -0.25) is 14.5 Å². The van der Waals surface area contributed by atoms with E-state index >= 15 is 0 Å². The van der Waals surface area contributed by atoms with Crippen LogP contribution in [0.4, 0.5) is 13.6 Å². The lowest BCUT2D eigenvalue weighted by atomic mass is 10.0. The molecule has 1 aliphatic heterocycles. The summed E-state index contributed by atoms with van der Waals surface area (Å²) in [7, 11) is 0. The first kappa shape index (κ1) is 31.7. The number of unbranched alkanes of at least 4 members (excludes halogenated alkanes) is 1. The first-order chi connectivity index (χ1) is 19.8. The summed E-state index contributed by atoms with van der Waals surface area (Å²) in [4.78, 5) is 45.1. The zero-order valence-corrected chi connectivity index (χ0v) is 24.0. The lowest BCUT2D eigenvalue weighted by molar-refractivity contribution is -0.161. The highest BCUT2D eigenvalue weighted by Crippen LogP contribution is 2.25. The molecule has 2 atom stereocenters. The molecule has 1 N–H and O–H groups in total. The number of hydrogen-bond acceptors (Lipinski definition) is 4. The van der Waals surface area contributed by atoms with Crippen LogP contribution < -0.4 is 5.32 Å². The number of carbonyl (C=O) groups excluding carboxylic acids is 3. The predicted octanol–water partition coefficient (Wildman–Crippen LogP) is 5.19. The van der Waals surface area contributed by atoms with Gasteiger partial charge in [0.15, 0.2) is 0 Å². The second-order valence-electron chi connectivity index (χ2n) is 9.93. The molecule has 0 radical (unpaired) electrons. The van der Waals surface area contributed by atoms with Crippen LogP contribution in [0.15, 0.2) is 60.8 Å². The van der Waals surface area contributed by atoms with Crippen molar-refractivity contribution in [2.45, 2.75) is 71.8 Å². The fourth-order valence-corrected chi connectivity index (χ4v) is 4.80. The Labute approximate surface area is 240 Å². The molecule has 0 saturated carbocycles. The van der Waals surface area contributed by atoms with Crippen molar-refractivity contribution in [3.8, 4) is 0 Å². The largest absolute Gasteiger partial charge is 0.375 e. The number of rotatable bonds is 13. The normalized spacial score (nSPS) is 17.2. The average molecular weight is 571 g/mol. The maximum absolute atomic E-state index is 13.7. The van der Waals surface area contributed by atoms with E-state index in [2.05, 4.69) is 5.32 Å². The van der Waals surface area contributed by atoms with Crippen LogP contribution in [0.25, 0.3) is 0 Å². The molecule has 222 valence electrons. The standard InChI is InChI=1S/C31H40F2N4O4/c1-4-7-8-27-30(39)35(18-19-41-22-24-11-15-26(33)16-12-24)21-28(37(27)29(38)6-3)36(17-5-2)31(40)34-20-23-9-13-25(32)14-10-23/h5,9-17,27-28H,4,6-8,18-22H2,1-3H3,(H,34,40)/b17-5+/t27?,28-/m1/s1. The highest BCUT2D eigenvalue weighted by Gasteiger charge is 2.45. The van der Waals surface area contributed by atoms with Crippen LogP contribution >= 0.6 is 0 Å². The number of halogens is 2. The second-order valence-corrected chi connectivity index (χ2v) is 9.93. The molecule has 0 spiro atoms. The van der Waals surface area contributed by atoms with Gasteiger partial charge in [0.25, 0.3) is 0 Å². The van der Waals surface area contributed by atoms with E-state index in [1.807, 2.05) is 6.92 Å². The molecule has 1 saturated heterocycles. The van der Waals surface area contributed by atoms with Crippen LogP contribution in [0.5, 0.6) is 0 Å². The van der Waals surface area contributed by atoms with Gasteiger partial charge in [-0.1, -0.05) is 57.0 Å². The van der Waals surface area contributed by atoms with Crippen LogP contribution in [0.1, 0.15) is 57.6 Å². The Morgan fingerprint density at radius 3 is 2.27 bits per heavy atom. The van der Waals surface area contributed by atoms with E-state index in [0.29, 0.717) is 6.42 Å². The van der Waals surface area contributed by atoms with Crippen LogP contribution in [0.3, 0.4) is 0 Å². The Hall–Kier alpha value is -3.79. The van der Waals surface area contributed by atoms with Gasteiger partial charge < -0.3 is 19.9 Å². The van der Waals surface area contributed by atoms with Gasteiger partial charge in [-0.2, -0.15) is 0 Å². The first-order valence-corrected chi connectivity index (χ1v) is 14.1. The van der Waals surface area contributed by atoms with E-state index in [-0.39, 0.29) is 62.7 Å². The summed E-state index contributed by atoms with van der Waals surface area (Å²) in [5, 5.41) is 2.86. The molecule has 1 aliphatic rings. The summed E-state index contributed by atoms with van der Waals surface area (Å²) in [5.41, 5.74) is 1.54. The summed E-state index contributed by atoms with van der Waals surface area (Å²) in [6.45, 7) is 6.59. The summed E-state index contributed by atoms with van der Waals surface area (Å²) in [5.74, 6) is -1.07. The minimum atomic E-state index is -0.733. The molecule has 2 aromatic carbocycles.